The smallest absolute Gasteiger partial charge is 0.254 e. The van der Waals surface area contributed by atoms with Gasteiger partial charge in [0, 0.05) is 17.7 Å². The maximum absolute atomic E-state index is 13.0. The predicted octanol–water partition coefficient (Wildman–Crippen LogP) is 3.60. The van der Waals surface area contributed by atoms with Crippen molar-refractivity contribution < 1.29 is 18.8 Å². The van der Waals surface area contributed by atoms with E-state index in [1.165, 1.54) is 0 Å². The number of hydrogen-bond donors (Lipinski definition) is 0. The number of ether oxygens (including phenoxy) is 2. The number of carbonyl (C=O) groups excluding carboxylic acids is 1. The van der Waals surface area contributed by atoms with Gasteiger partial charge in [0.2, 0.25) is 11.7 Å². The number of nitriles is 1. The number of hydrogen-bond acceptors (Lipinski definition) is 7. The van der Waals surface area contributed by atoms with Crippen molar-refractivity contribution in [1.29, 1.82) is 5.26 Å². The molecule has 0 aliphatic carbocycles. The van der Waals surface area contributed by atoms with Crippen molar-refractivity contribution >= 4 is 5.91 Å². The molecule has 1 aromatic heterocycles. The third-order valence-electron chi connectivity index (χ3n) is 5.14. The molecule has 1 amide bonds. The Labute approximate surface area is 173 Å². The van der Waals surface area contributed by atoms with Crippen LogP contribution in [0.4, 0.5) is 0 Å². The molecule has 1 fully saturated rings. The lowest BCUT2D eigenvalue weighted by molar-refractivity contribution is 0.0710. The van der Waals surface area contributed by atoms with Crippen molar-refractivity contribution in [2.24, 2.45) is 0 Å². The van der Waals surface area contributed by atoms with Crippen LogP contribution in [0.3, 0.4) is 0 Å². The highest BCUT2D eigenvalue weighted by Gasteiger charge is 2.34. The Morgan fingerprint density at radius 2 is 1.93 bits per heavy atom. The molecule has 0 saturated carbocycles. The molecule has 30 heavy (non-hydrogen) atoms. The molecular formula is C22H20N4O4. The van der Waals surface area contributed by atoms with E-state index in [4.69, 9.17) is 19.3 Å². The van der Waals surface area contributed by atoms with Crippen LogP contribution in [0.1, 0.15) is 40.7 Å². The zero-order valence-electron chi connectivity index (χ0n) is 16.7. The third-order valence-corrected chi connectivity index (χ3v) is 5.14. The highest BCUT2D eigenvalue weighted by molar-refractivity contribution is 5.94. The van der Waals surface area contributed by atoms with Gasteiger partial charge in [-0.05, 0) is 55.3 Å². The van der Waals surface area contributed by atoms with Crippen molar-refractivity contribution in [2.75, 3.05) is 20.8 Å². The first-order chi connectivity index (χ1) is 14.6. The minimum Gasteiger partial charge on any atom is -0.493 e. The zero-order chi connectivity index (χ0) is 21.1. The molecule has 0 bridgehead atoms. The number of amides is 1. The van der Waals surface area contributed by atoms with Crippen LogP contribution in [-0.4, -0.2) is 41.7 Å². The molecule has 1 atom stereocenters. The van der Waals surface area contributed by atoms with E-state index in [1.54, 1.807) is 55.5 Å². The Morgan fingerprint density at radius 3 is 2.63 bits per heavy atom. The van der Waals surface area contributed by atoms with Gasteiger partial charge in [-0.15, -0.1) is 0 Å². The van der Waals surface area contributed by atoms with Crippen LogP contribution in [0.15, 0.2) is 47.0 Å². The molecular weight excluding hydrogens is 384 g/mol. The first-order valence-electron chi connectivity index (χ1n) is 9.51. The van der Waals surface area contributed by atoms with E-state index in [0.29, 0.717) is 40.9 Å². The first-order valence-corrected chi connectivity index (χ1v) is 9.51. The summed E-state index contributed by atoms with van der Waals surface area (Å²) < 4.78 is 16.1. The molecule has 3 aromatic rings. The second-order valence-electron chi connectivity index (χ2n) is 6.87. The van der Waals surface area contributed by atoms with Gasteiger partial charge in [0.1, 0.15) is 6.04 Å². The summed E-state index contributed by atoms with van der Waals surface area (Å²) in [6.07, 6.45) is 1.59. The predicted molar refractivity (Wildman–Crippen MR) is 107 cm³/mol. The van der Waals surface area contributed by atoms with Gasteiger partial charge < -0.3 is 18.9 Å². The van der Waals surface area contributed by atoms with Crippen LogP contribution in [0.25, 0.3) is 11.4 Å². The molecule has 0 unspecified atom stereocenters. The minimum absolute atomic E-state index is 0.118. The zero-order valence-corrected chi connectivity index (χ0v) is 16.7. The van der Waals surface area contributed by atoms with Crippen LogP contribution in [-0.2, 0) is 0 Å². The average Bonchev–Trinajstić information content (AvgIpc) is 3.47. The van der Waals surface area contributed by atoms with E-state index in [1.807, 2.05) is 6.07 Å². The van der Waals surface area contributed by atoms with Gasteiger partial charge in [0.05, 0.1) is 25.9 Å². The van der Waals surface area contributed by atoms with Gasteiger partial charge in [-0.25, -0.2) is 0 Å². The molecule has 4 rings (SSSR count). The topological polar surface area (TPSA) is 101 Å². The summed E-state index contributed by atoms with van der Waals surface area (Å²) in [6, 6.07) is 13.8. The Balaban J connectivity index is 1.57. The van der Waals surface area contributed by atoms with E-state index >= 15 is 0 Å². The van der Waals surface area contributed by atoms with E-state index in [2.05, 4.69) is 16.2 Å². The van der Waals surface area contributed by atoms with Gasteiger partial charge in [-0.3, -0.25) is 4.79 Å². The Kier molecular flexibility index (Phi) is 5.35. The molecule has 0 spiro atoms. The van der Waals surface area contributed by atoms with Gasteiger partial charge in [-0.2, -0.15) is 10.2 Å². The van der Waals surface area contributed by atoms with Crippen molar-refractivity contribution in [1.82, 2.24) is 15.0 Å². The summed E-state index contributed by atoms with van der Waals surface area (Å²) in [5, 5.41) is 13.0. The molecule has 1 saturated heterocycles. The quantitative estimate of drug-likeness (QED) is 0.640. The number of rotatable bonds is 5. The maximum Gasteiger partial charge on any atom is 0.254 e. The third kappa shape index (κ3) is 3.57. The number of nitrogens with zero attached hydrogens (tertiary/aromatic N) is 4. The van der Waals surface area contributed by atoms with E-state index in [-0.39, 0.29) is 11.9 Å². The summed E-state index contributed by atoms with van der Waals surface area (Å²) in [4.78, 5) is 19.3. The summed E-state index contributed by atoms with van der Waals surface area (Å²) in [5.41, 5.74) is 1.77. The lowest BCUT2D eigenvalue weighted by atomic mass is 10.1. The van der Waals surface area contributed by atoms with Crippen LogP contribution in [0, 0.1) is 11.3 Å². The van der Waals surface area contributed by atoms with Crippen molar-refractivity contribution in [3.05, 3.63) is 59.5 Å². The Morgan fingerprint density at radius 1 is 1.17 bits per heavy atom. The van der Waals surface area contributed by atoms with E-state index in [9.17, 15) is 4.79 Å². The summed E-state index contributed by atoms with van der Waals surface area (Å²) in [7, 11) is 3.14. The number of methoxy groups -OCH3 is 2. The minimum atomic E-state index is -0.283. The molecule has 1 aliphatic heterocycles. The first kappa shape index (κ1) is 19.5. The summed E-state index contributed by atoms with van der Waals surface area (Å²) >= 11 is 0. The van der Waals surface area contributed by atoms with Crippen LogP contribution < -0.4 is 9.47 Å². The largest absolute Gasteiger partial charge is 0.493 e. The number of benzene rings is 2. The van der Waals surface area contributed by atoms with Crippen LogP contribution in [0.5, 0.6) is 11.5 Å². The van der Waals surface area contributed by atoms with Crippen LogP contribution in [0.2, 0.25) is 0 Å². The maximum atomic E-state index is 13.0. The molecule has 8 heteroatoms. The highest BCUT2D eigenvalue weighted by Crippen LogP contribution is 2.35. The Bertz CT molecular complexity index is 1100. The lowest BCUT2D eigenvalue weighted by Gasteiger charge is -2.21. The van der Waals surface area contributed by atoms with E-state index < -0.39 is 0 Å². The average molecular weight is 404 g/mol. The molecule has 152 valence electrons. The standard InChI is InChI=1S/C22H20N4O4/c1-28-18-10-9-16(12-19(18)29-2)20-24-21(30-25-20)17-4-3-11-26(17)22(27)15-7-5-14(13-23)6-8-15/h5-10,12,17H,3-4,11H2,1-2H3/t17-/m1/s1. The normalized spacial score (nSPS) is 15.6. The number of aromatic nitrogens is 2. The van der Waals surface area contributed by atoms with Crippen molar-refractivity contribution in [3.63, 3.8) is 0 Å². The van der Waals surface area contributed by atoms with Crippen molar-refractivity contribution in [3.8, 4) is 29.0 Å². The van der Waals surface area contributed by atoms with E-state index in [0.717, 1.165) is 18.4 Å². The van der Waals surface area contributed by atoms with Gasteiger partial charge in [-0.1, -0.05) is 5.16 Å². The fraction of sp³-hybridized carbons (Fsp3) is 0.273. The van der Waals surface area contributed by atoms with Gasteiger partial charge in [0.15, 0.2) is 11.5 Å². The van der Waals surface area contributed by atoms with Crippen molar-refractivity contribution in [2.45, 2.75) is 18.9 Å². The van der Waals surface area contributed by atoms with Gasteiger partial charge >= 0.3 is 0 Å². The second-order valence-corrected chi connectivity index (χ2v) is 6.87. The molecule has 0 radical (unpaired) electrons. The Hall–Kier alpha value is -3.86. The summed E-state index contributed by atoms with van der Waals surface area (Å²) in [5.74, 6) is 1.88. The monoisotopic (exact) mass is 404 g/mol. The summed E-state index contributed by atoms with van der Waals surface area (Å²) in [6.45, 7) is 0.609. The molecule has 8 nitrogen and oxygen atoms in total. The second kappa shape index (κ2) is 8.25. The van der Waals surface area contributed by atoms with Crippen LogP contribution >= 0.6 is 0 Å². The lowest BCUT2D eigenvalue weighted by Crippen LogP contribution is -2.30. The SMILES string of the molecule is COc1ccc(-c2noc([C@H]3CCCN3C(=O)c3ccc(C#N)cc3)n2)cc1OC. The molecule has 1 aliphatic rings. The fourth-order valence-electron chi connectivity index (χ4n) is 3.58. The fourth-order valence-corrected chi connectivity index (χ4v) is 3.58. The molecule has 2 heterocycles. The van der Waals surface area contributed by atoms with Gasteiger partial charge in [0.25, 0.3) is 5.91 Å². The number of likely N-dealkylation sites (tertiary alicyclic amines) is 1. The number of carbonyl (C=O) groups is 1. The highest BCUT2D eigenvalue weighted by atomic mass is 16.5. The molecule has 0 N–H and O–H groups in total. The molecule has 2 aromatic carbocycles.